The number of likely N-dealkylation sites (tertiary alicyclic amines) is 1. The molecule has 1 fully saturated rings. The van der Waals surface area contributed by atoms with Crippen molar-refractivity contribution in [3.8, 4) is 0 Å². The van der Waals surface area contributed by atoms with Crippen molar-refractivity contribution in [2.24, 2.45) is 0 Å². The Hall–Kier alpha value is -0.910. The topological polar surface area (TPSA) is 50.5 Å². The van der Waals surface area contributed by atoms with Gasteiger partial charge < -0.3 is 14.7 Å². The van der Waals surface area contributed by atoms with Crippen LogP contribution in [0.25, 0.3) is 0 Å². The van der Waals surface area contributed by atoms with E-state index in [1.165, 1.54) is 0 Å². The van der Waals surface area contributed by atoms with E-state index in [-0.39, 0.29) is 0 Å². The van der Waals surface area contributed by atoms with Crippen molar-refractivity contribution in [3.05, 3.63) is 18.0 Å². The van der Waals surface area contributed by atoms with Gasteiger partial charge in [0.05, 0.1) is 5.69 Å². The van der Waals surface area contributed by atoms with Crippen molar-refractivity contribution in [3.63, 3.8) is 0 Å². The zero-order valence-corrected chi connectivity index (χ0v) is 11.5. The number of likely N-dealkylation sites (N-methyl/N-ethyl adjacent to an activating group) is 1. The lowest BCUT2D eigenvalue weighted by atomic mass is 9.96. The largest absolute Gasteiger partial charge is 0.385 e. The highest BCUT2D eigenvalue weighted by atomic mass is 16.5. The molecule has 2 atom stereocenters. The highest BCUT2D eigenvalue weighted by molar-refractivity contribution is 5.16. The lowest BCUT2D eigenvalue weighted by Crippen LogP contribution is -2.32. The number of aryl methyl sites for hydroxylation is 1. The van der Waals surface area contributed by atoms with Crippen molar-refractivity contribution in [2.45, 2.75) is 38.0 Å². The van der Waals surface area contributed by atoms with E-state index in [2.05, 4.69) is 16.9 Å². The third-order valence-electron chi connectivity index (χ3n) is 3.81. The Morgan fingerprint density at radius 1 is 1.61 bits per heavy atom. The summed E-state index contributed by atoms with van der Waals surface area (Å²) in [7, 11) is 3.75. The van der Waals surface area contributed by atoms with Crippen molar-refractivity contribution >= 4 is 0 Å². The summed E-state index contributed by atoms with van der Waals surface area (Å²) in [5.74, 6) is 0. The van der Waals surface area contributed by atoms with Crippen LogP contribution in [0, 0.1) is 0 Å². The van der Waals surface area contributed by atoms with Crippen LogP contribution < -0.4 is 0 Å². The second-order valence-electron chi connectivity index (χ2n) is 5.29. The van der Waals surface area contributed by atoms with Crippen LogP contribution in [0.15, 0.2) is 12.3 Å². The summed E-state index contributed by atoms with van der Waals surface area (Å²) >= 11 is 0. The van der Waals surface area contributed by atoms with Crippen molar-refractivity contribution in [1.29, 1.82) is 0 Å². The number of hydrogen-bond donors (Lipinski definition) is 1. The number of aromatic nitrogens is 2. The minimum absolute atomic E-state index is 0.400. The molecular formula is C13H23N3O2. The standard InChI is InChI=1S/C13H23N3O2/c1-11-9-13(17,10-15(11)2)12-5-6-14-16(12)7-4-8-18-3/h5-6,11,17H,4,7-10H2,1-3H3. The Bertz CT molecular complexity index is 381. The molecule has 1 aliphatic heterocycles. The third-order valence-corrected chi connectivity index (χ3v) is 3.81. The molecule has 1 aromatic rings. The van der Waals surface area contributed by atoms with Gasteiger partial charge in [0.15, 0.2) is 0 Å². The highest BCUT2D eigenvalue weighted by Gasteiger charge is 2.42. The maximum absolute atomic E-state index is 10.8. The van der Waals surface area contributed by atoms with E-state index < -0.39 is 5.60 Å². The van der Waals surface area contributed by atoms with Crippen LogP contribution in [-0.4, -0.2) is 53.1 Å². The van der Waals surface area contributed by atoms with E-state index in [4.69, 9.17) is 4.74 Å². The minimum Gasteiger partial charge on any atom is -0.385 e. The predicted molar refractivity (Wildman–Crippen MR) is 69.3 cm³/mol. The molecule has 2 unspecified atom stereocenters. The fourth-order valence-electron chi connectivity index (χ4n) is 2.73. The molecule has 1 aliphatic rings. The van der Waals surface area contributed by atoms with Gasteiger partial charge in [0, 0.05) is 39.0 Å². The van der Waals surface area contributed by atoms with Gasteiger partial charge in [0.1, 0.15) is 5.60 Å². The molecule has 1 saturated heterocycles. The first-order valence-corrected chi connectivity index (χ1v) is 6.50. The van der Waals surface area contributed by atoms with Gasteiger partial charge in [-0.15, -0.1) is 0 Å². The van der Waals surface area contributed by atoms with E-state index in [1.807, 2.05) is 17.8 Å². The number of nitrogens with zero attached hydrogens (tertiary/aromatic N) is 3. The predicted octanol–water partition coefficient (Wildman–Crippen LogP) is 0.831. The van der Waals surface area contributed by atoms with Gasteiger partial charge in [-0.25, -0.2) is 0 Å². The van der Waals surface area contributed by atoms with Crippen LogP contribution in [0.2, 0.25) is 0 Å². The second-order valence-corrected chi connectivity index (χ2v) is 5.29. The van der Waals surface area contributed by atoms with Crippen molar-refractivity contribution in [1.82, 2.24) is 14.7 Å². The van der Waals surface area contributed by atoms with Gasteiger partial charge >= 0.3 is 0 Å². The van der Waals surface area contributed by atoms with Crippen LogP contribution in [0.3, 0.4) is 0 Å². The first-order valence-electron chi connectivity index (χ1n) is 6.50. The number of aliphatic hydroxyl groups is 1. The average Bonchev–Trinajstić information content (AvgIpc) is 2.86. The molecule has 0 aliphatic carbocycles. The summed E-state index contributed by atoms with van der Waals surface area (Å²) in [4.78, 5) is 2.19. The molecule has 0 radical (unpaired) electrons. The average molecular weight is 253 g/mol. The molecule has 0 saturated carbocycles. The van der Waals surface area contributed by atoms with E-state index in [0.717, 1.165) is 25.1 Å². The van der Waals surface area contributed by atoms with Crippen LogP contribution >= 0.6 is 0 Å². The highest BCUT2D eigenvalue weighted by Crippen LogP contribution is 2.34. The summed E-state index contributed by atoms with van der Waals surface area (Å²) in [6.45, 7) is 4.32. The van der Waals surface area contributed by atoms with Crippen LogP contribution in [-0.2, 0) is 16.9 Å². The smallest absolute Gasteiger partial charge is 0.120 e. The van der Waals surface area contributed by atoms with E-state index >= 15 is 0 Å². The Balaban J connectivity index is 2.11. The number of methoxy groups -OCH3 is 1. The molecule has 18 heavy (non-hydrogen) atoms. The van der Waals surface area contributed by atoms with Crippen molar-refractivity contribution < 1.29 is 9.84 Å². The molecule has 5 nitrogen and oxygen atoms in total. The lowest BCUT2D eigenvalue weighted by Gasteiger charge is -2.23. The van der Waals surface area contributed by atoms with Gasteiger partial charge in [-0.1, -0.05) is 0 Å². The normalized spacial score (nSPS) is 29.0. The molecule has 102 valence electrons. The summed E-state index contributed by atoms with van der Waals surface area (Å²) in [5.41, 5.74) is 0.160. The Kier molecular flexibility index (Phi) is 4.04. The zero-order chi connectivity index (χ0) is 13.2. The molecule has 0 spiro atoms. The maximum Gasteiger partial charge on any atom is 0.120 e. The monoisotopic (exact) mass is 253 g/mol. The van der Waals surface area contributed by atoms with E-state index in [1.54, 1.807) is 13.3 Å². The number of rotatable bonds is 5. The molecule has 1 N–H and O–H groups in total. The summed E-state index contributed by atoms with van der Waals surface area (Å²) < 4.78 is 6.96. The Labute approximate surface area is 108 Å². The van der Waals surface area contributed by atoms with Crippen LogP contribution in [0.5, 0.6) is 0 Å². The summed E-state index contributed by atoms with van der Waals surface area (Å²) in [6, 6.07) is 2.33. The lowest BCUT2D eigenvalue weighted by molar-refractivity contribution is 0.0386. The molecule has 1 aromatic heterocycles. The Morgan fingerprint density at radius 3 is 3.00 bits per heavy atom. The molecular weight excluding hydrogens is 230 g/mol. The van der Waals surface area contributed by atoms with Gasteiger partial charge in [0.25, 0.3) is 0 Å². The van der Waals surface area contributed by atoms with Gasteiger partial charge in [-0.3, -0.25) is 4.68 Å². The van der Waals surface area contributed by atoms with Gasteiger partial charge in [-0.05, 0) is 32.9 Å². The van der Waals surface area contributed by atoms with Gasteiger partial charge in [0.2, 0.25) is 0 Å². The molecule has 0 amide bonds. The molecule has 0 aromatic carbocycles. The number of hydrogen-bond acceptors (Lipinski definition) is 4. The van der Waals surface area contributed by atoms with Crippen molar-refractivity contribution in [2.75, 3.05) is 27.3 Å². The van der Waals surface area contributed by atoms with E-state index in [9.17, 15) is 5.11 Å². The summed E-state index contributed by atoms with van der Waals surface area (Å²) in [5, 5.41) is 15.1. The SMILES string of the molecule is COCCCn1nccc1C1(O)CC(C)N(C)C1. The summed E-state index contributed by atoms with van der Waals surface area (Å²) in [6.07, 6.45) is 3.44. The zero-order valence-electron chi connectivity index (χ0n) is 11.5. The third kappa shape index (κ3) is 2.58. The maximum atomic E-state index is 10.8. The molecule has 2 heterocycles. The van der Waals surface area contributed by atoms with E-state index in [0.29, 0.717) is 19.2 Å². The fraction of sp³-hybridized carbons (Fsp3) is 0.769. The molecule has 5 heteroatoms. The quantitative estimate of drug-likeness (QED) is 0.790. The first-order chi connectivity index (χ1) is 8.57. The fourth-order valence-corrected chi connectivity index (χ4v) is 2.73. The molecule has 2 rings (SSSR count). The minimum atomic E-state index is -0.766. The Morgan fingerprint density at radius 2 is 2.39 bits per heavy atom. The molecule has 0 bridgehead atoms. The van der Waals surface area contributed by atoms with Gasteiger partial charge in [-0.2, -0.15) is 5.10 Å². The number of β-amino-alcohol motifs (C(OH)–C–C–N with tert-alkyl or cyclic N) is 1. The first kappa shape index (κ1) is 13.5. The van der Waals surface area contributed by atoms with Crippen LogP contribution in [0.4, 0.5) is 0 Å². The number of ether oxygens (including phenoxy) is 1. The second kappa shape index (κ2) is 5.38. The van der Waals surface area contributed by atoms with Crippen LogP contribution in [0.1, 0.15) is 25.5 Å².